The molecule has 2 fully saturated rings. The normalized spacial score (nSPS) is 25.8. The second-order valence-corrected chi connectivity index (χ2v) is 7.31. The van der Waals surface area contributed by atoms with Gasteiger partial charge in [-0.2, -0.15) is 0 Å². The Balaban J connectivity index is 0.00000192. The van der Waals surface area contributed by atoms with Gasteiger partial charge in [-0.25, -0.2) is 0 Å². The maximum Gasteiger partial charge on any atom is 0.223 e. The van der Waals surface area contributed by atoms with E-state index in [-0.39, 0.29) is 24.2 Å². The Morgan fingerprint density at radius 2 is 2.04 bits per heavy atom. The number of amides is 1. The van der Waals surface area contributed by atoms with Crippen molar-refractivity contribution in [2.75, 3.05) is 13.1 Å². The fourth-order valence-corrected chi connectivity index (χ4v) is 3.91. The first-order chi connectivity index (χ1) is 10.7. The Labute approximate surface area is 146 Å². The van der Waals surface area contributed by atoms with Gasteiger partial charge in [0.15, 0.2) is 0 Å². The molecule has 0 aromatic heterocycles. The molecule has 3 rings (SSSR count). The van der Waals surface area contributed by atoms with Crippen molar-refractivity contribution < 1.29 is 4.79 Å². The molecular weight excluding hydrogens is 308 g/mol. The van der Waals surface area contributed by atoms with Crippen LogP contribution < -0.4 is 10.6 Å². The average Bonchev–Trinajstić information content (AvgIpc) is 2.50. The molecule has 0 unspecified atom stereocenters. The summed E-state index contributed by atoms with van der Waals surface area (Å²) in [6.45, 7) is 3.98. The number of nitrogens with one attached hydrogen (secondary N) is 2. The van der Waals surface area contributed by atoms with E-state index in [0.717, 1.165) is 32.4 Å². The number of carbonyl (C=O) groups is 1. The Morgan fingerprint density at radius 3 is 2.65 bits per heavy atom. The van der Waals surface area contributed by atoms with Crippen LogP contribution in [0.4, 0.5) is 0 Å². The number of piperidine rings is 1. The van der Waals surface area contributed by atoms with Crippen molar-refractivity contribution in [2.45, 2.75) is 51.5 Å². The summed E-state index contributed by atoms with van der Waals surface area (Å²) in [6.07, 6.45) is 6.82. The van der Waals surface area contributed by atoms with E-state index in [4.69, 9.17) is 0 Å². The number of hydrogen-bond donors (Lipinski definition) is 2. The van der Waals surface area contributed by atoms with E-state index in [1.807, 2.05) is 0 Å². The molecule has 1 saturated heterocycles. The van der Waals surface area contributed by atoms with Crippen molar-refractivity contribution in [3.63, 3.8) is 0 Å². The number of halogens is 1. The lowest BCUT2D eigenvalue weighted by molar-refractivity contribution is -0.127. The summed E-state index contributed by atoms with van der Waals surface area (Å²) in [5.41, 5.74) is 1.70. The second-order valence-electron chi connectivity index (χ2n) is 7.31. The number of carbonyl (C=O) groups excluding carboxylic acids is 1. The third kappa shape index (κ3) is 4.71. The molecule has 1 aromatic carbocycles. The van der Waals surface area contributed by atoms with Crippen LogP contribution in [0.5, 0.6) is 0 Å². The maximum atomic E-state index is 12.4. The molecule has 2 aliphatic rings. The molecular formula is C19H29ClN2O. The zero-order chi connectivity index (χ0) is 15.4. The van der Waals surface area contributed by atoms with E-state index in [1.54, 1.807) is 0 Å². The number of benzene rings is 1. The fraction of sp³-hybridized carbons (Fsp3) is 0.632. The van der Waals surface area contributed by atoms with Crippen molar-refractivity contribution in [3.8, 4) is 0 Å². The van der Waals surface area contributed by atoms with E-state index in [9.17, 15) is 4.79 Å². The van der Waals surface area contributed by atoms with E-state index in [1.165, 1.54) is 24.8 Å². The van der Waals surface area contributed by atoms with Crippen LogP contribution in [0.3, 0.4) is 0 Å². The van der Waals surface area contributed by atoms with Gasteiger partial charge in [0, 0.05) is 18.5 Å². The standard InChI is InChI=1S/C19H28N2O.ClH/c1-15-12-17(8-11-20-15)18(22)21-14-19(9-5-10-19)13-16-6-3-2-4-7-16;/h2-4,6-7,15,17,20H,5,8-14H2,1H3,(H,21,22);1H/t15-,17-;/m0./s1. The van der Waals surface area contributed by atoms with Gasteiger partial charge in [-0.3, -0.25) is 4.79 Å². The average molecular weight is 337 g/mol. The first-order valence-corrected chi connectivity index (χ1v) is 8.72. The van der Waals surface area contributed by atoms with Crippen molar-refractivity contribution in [1.29, 1.82) is 0 Å². The largest absolute Gasteiger partial charge is 0.355 e. The molecule has 0 radical (unpaired) electrons. The third-order valence-electron chi connectivity index (χ3n) is 5.47. The monoisotopic (exact) mass is 336 g/mol. The van der Waals surface area contributed by atoms with Gasteiger partial charge in [0.1, 0.15) is 0 Å². The number of hydrogen-bond acceptors (Lipinski definition) is 2. The molecule has 2 N–H and O–H groups in total. The molecule has 1 heterocycles. The zero-order valence-corrected chi connectivity index (χ0v) is 14.8. The van der Waals surface area contributed by atoms with Gasteiger partial charge in [0.05, 0.1) is 0 Å². The zero-order valence-electron chi connectivity index (χ0n) is 14.0. The summed E-state index contributed by atoms with van der Waals surface area (Å²) >= 11 is 0. The summed E-state index contributed by atoms with van der Waals surface area (Å²) in [7, 11) is 0. The fourth-order valence-electron chi connectivity index (χ4n) is 3.91. The lowest BCUT2D eigenvalue weighted by Crippen LogP contribution is -2.47. The van der Waals surface area contributed by atoms with Crippen LogP contribution in [0.15, 0.2) is 30.3 Å². The molecule has 1 amide bonds. The van der Waals surface area contributed by atoms with E-state index < -0.39 is 0 Å². The summed E-state index contributed by atoms with van der Waals surface area (Å²) in [6, 6.07) is 11.2. The quantitative estimate of drug-likeness (QED) is 0.866. The van der Waals surface area contributed by atoms with Gasteiger partial charge in [0.2, 0.25) is 5.91 Å². The molecule has 23 heavy (non-hydrogen) atoms. The van der Waals surface area contributed by atoms with Gasteiger partial charge < -0.3 is 10.6 Å². The first-order valence-electron chi connectivity index (χ1n) is 8.72. The van der Waals surface area contributed by atoms with Crippen LogP contribution >= 0.6 is 12.4 Å². The maximum absolute atomic E-state index is 12.4. The lowest BCUT2D eigenvalue weighted by atomic mass is 9.65. The second kappa shape index (κ2) is 8.16. The Kier molecular flexibility index (Phi) is 6.49. The Bertz CT molecular complexity index is 501. The van der Waals surface area contributed by atoms with Crippen LogP contribution in [0, 0.1) is 11.3 Å². The van der Waals surface area contributed by atoms with Crippen molar-refractivity contribution in [1.82, 2.24) is 10.6 Å². The highest BCUT2D eigenvalue weighted by molar-refractivity contribution is 5.85. The molecule has 4 heteroatoms. The van der Waals surface area contributed by atoms with Crippen LogP contribution in [-0.4, -0.2) is 25.0 Å². The van der Waals surface area contributed by atoms with Gasteiger partial charge in [0.25, 0.3) is 0 Å². The van der Waals surface area contributed by atoms with Gasteiger partial charge in [-0.05, 0) is 56.6 Å². The summed E-state index contributed by atoms with van der Waals surface area (Å²) < 4.78 is 0. The van der Waals surface area contributed by atoms with Crippen molar-refractivity contribution in [3.05, 3.63) is 35.9 Å². The van der Waals surface area contributed by atoms with E-state index in [2.05, 4.69) is 47.9 Å². The first kappa shape index (κ1) is 18.3. The predicted molar refractivity (Wildman–Crippen MR) is 96.9 cm³/mol. The molecule has 1 aliphatic heterocycles. The minimum atomic E-state index is 0. The lowest BCUT2D eigenvalue weighted by Gasteiger charge is -2.42. The van der Waals surface area contributed by atoms with Crippen LogP contribution in [0.1, 0.15) is 44.6 Å². The highest BCUT2D eigenvalue weighted by atomic mass is 35.5. The third-order valence-corrected chi connectivity index (χ3v) is 5.47. The number of rotatable bonds is 5. The summed E-state index contributed by atoms with van der Waals surface area (Å²) in [4.78, 5) is 12.4. The highest BCUT2D eigenvalue weighted by Gasteiger charge is 2.37. The van der Waals surface area contributed by atoms with Crippen LogP contribution in [0.25, 0.3) is 0 Å². The topological polar surface area (TPSA) is 41.1 Å². The molecule has 1 saturated carbocycles. The summed E-state index contributed by atoms with van der Waals surface area (Å²) in [5, 5.41) is 6.68. The van der Waals surface area contributed by atoms with E-state index in [0.29, 0.717) is 11.5 Å². The molecule has 3 nitrogen and oxygen atoms in total. The van der Waals surface area contributed by atoms with Gasteiger partial charge in [-0.1, -0.05) is 36.8 Å². The minimum Gasteiger partial charge on any atom is -0.355 e. The van der Waals surface area contributed by atoms with Crippen LogP contribution in [0.2, 0.25) is 0 Å². The minimum absolute atomic E-state index is 0. The highest BCUT2D eigenvalue weighted by Crippen LogP contribution is 2.43. The van der Waals surface area contributed by atoms with Crippen molar-refractivity contribution in [2.24, 2.45) is 11.3 Å². The molecule has 0 spiro atoms. The predicted octanol–water partition coefficient (Wildman–Crippen LogP) is 3.33. The molecule has 0 bridgehead atoms. The SMILES string of the molecule is C[C@H]1C[C@@H](C(=O)NCC2(Cc3ccccc3)CCC2)CCN1.Cl. The Hall–Kier alpha value is -1.06. The molecule has 1 aromatic rings. The summed E-state index contributed by atoms with van der Waals surface area (Å²) in [5.74, 6) is 0.470. The molecule has 1 aliphatic carbocycles. The smallest absolute Gasteiger partial charge is 0.223 e. The van der Waals surface area contributed by atoms with Crippen molar-refractivity contribution >= 4 is 18.3 Å². The van der Waals surface area contributed by atoms with Gasteiger partial charge >= 0.3 is 0 Å². The Morgan fingerprint density at radius 1 is 1.30 bits per heavy atom. The molecule has 128 valence electrons. The molecule has 2 atom stereocenters. The van der Waals surface area contributed by atoms with Crippen LogP contribution in [-0.2, 0) is 11.2 Å². The van der Waals surface area contributed by atoms with Gasteiger partial charge in [-0.15, -0.1) is 12.4 Å². The van der Waals surface area contributed by atoms with E-state index >= 15 is 0 Å².